The lowest BCUT2D eigenvalue weighted by atomic mass is 9.80. The molecule has 0 spiro atoms. The van der Waals surface area contributed by atoms with Crippen LogP contribution in [-0.2, 0) is 9.53 Å². The van der Waals surface area contributed by atoms with Gasteiger partial charge in [0.15, 0.2) is 0 Å². The van der Waals surface area contributed by atoms with E-state index in [0.717, 1.165) is 12.8 Å². The quantitative estimate of drug-likeness (QED) is 0.554. The summed E-state index contributed by atoms with van der Waals surface area (Å²) in [7, 11) is 1.69. The van der Waals surface area contributed by atoms with Crippen LogP contribution in [0.4, 0.5) is 0 Å². The van der Waals surface area contributed by atoms with Gasteiger partial charge in [-0.15, -0.1) is 0 Å². The summed E-state index contributed by atoms with van der Waals surface area (Å²) in [6.07, 6.45) is 1.73. The summed E-state index contributed by atoms with van der Waals surface area (Å²) in [5.74, 6) is 0.881. The molecule has 1 aliphatic rings. The maximum Gasteiger partial charge on any atom is 0.133 e. The number of carbonyl (C=O) groups excluding carboxylic acids is 1. The largest absolute Gasteiger partial charge is 0.381 e. The topological polar surface area (TPSA) is 26.3 Å². The Morgan fingerprint density at radius 3 is 2.56 bits per heavy atom. The first-order valence-corrected chi connectivity index (χ1v) is 3.28. The molecule has 0 aliphatic heterocycles. The Morgan fingerprint density at radius 2 is 2.22 bits per heavy atom. The number of methoxy groups -OCH3 is 1. The molecule has 0 aromatic rings. The molecule has 0 saturated heterocycles. The number of Topliss-reactive ketones (excluding diaryl/α,β-unsaturated/α-hetero) is 1. The summed E-state index contributed by atoms with van der Waals surface area (Å²) in [5.41, 5.74) is 0. The molecule has 0 radical (unpaired) electrons. The average molecular weight is 128 g/mol. The van der Waals surface area contributed by atoms with Crippen molar-refractivity contribution in [3.05, 3.63) is 0 Å². The van der Waals surface area contributed by atoms with Crippen LogP contribution in [0, 0.1) is 5.92 Å². The molecule has 0 amide bonds. The molecule has 9 heavy (non-hydrogen) atoms. The maximum atomic E-state index is 10.5. The number of ketones is 1. The lowest BCUT2D eigenvalue weighted by Gasteiger charge is -2.28. The molecular formula is C7H12O2. The van der Waals surface area contributed by atoms with E-state index in [4.69, 9.17) is 4.74 Å². The van der Waals surface area contributed by atoms with Crippen molar-refractivity contribution in [3.8, 4) is 0 Å². The van der Waals surface area contributed by atoms with Crippen molar-refractivity contribution in [2.24, 2.45) is 5.92 Å². The molecule has 1 rings (SSSR count). The first-order valence-electron chi connectivity index (χ1n) is 3.28. The molecule has 0 N–H and O–H groups in total. The molecule has 1 saturated carbocycles. The van der Waals surface area contributed by atoms with Crippen molar-refractivity contribution < 1.29 is 9.53 Å². The molecule has 52 valence electrons. The highest BCUT2D eigenvalue weighted by atomic mass is 16.5. The second-order valence-corrected chi connectivity index (χ2v) is 2.65. The fourth-order valence-corrected chi connectivity index (χ4v) is 1.05. The molecule has 1 fully saturated rings. The van der Waals surface area contributed by atoms with Crippen LogP contribution >= 0.6 is 0 Å². The zero-order valence-electron chi connectivity index (χ0n) is 5.89. The summed E-state index contributed by atoms with van der Waals surface area (Å²) in [6, 6.07) is 0. The second kappa shape index (κ2) is 2.48. The molecule has 0 heterocycles. The highest BCUT2D eigenvalue weighted by molar-refractivity contribution is 5.84. The number of hydrogen-bond donors (Lipinski definition) is 0. The van der Waals surface area contributed by atoms with Crippen LogP contribution in [0.25, 0.3) is 0 Å². The van der Waals surface area contributed by atoms with Crippen LogP contribution < -0.4 is 0 Å². The van der Waals surface area contributed by atoms with Gasteiger partial charge in [0.1, 0.15) is 5.78 Å². The van der Waals surface area contributed by atoms with Gasteiger partial charge in [-0.2, -0.15) is 0 Å². The van der Waals surface area contributed by atoms with Crippen LogP contribution in [-0.4, -0.2) is 19.0 Å². The predicted octanol–water partition coefficient (Wildman–Crippen LogP) is 1.00. The number of carbonyl (C=O) groups is 1. The fraction of sp³-hybridized carbons (Fsp3) is 0.857. The Kier molecular flexibility index (Phi) is 1.86. The van der Waals surface area contributed by atoms with Gasteiger partial charge in [0.2, 0.25) is 0 Å². The minimum absolute atomic E-state index is 0.266. The third-order valence-corrected chi connectivity index (χ3v) is 2.02. The van der Waals surface area contributed by atoms with E-state index in [-0.39, 0.29) is 6.10 Å². The van der Waals surface area contributed by atoms with Crippen molar-refractivity contribution in [1.82, 2.24) is 0 Å². The molecule has 1 atom stereocenters. The molecule has 0 aromatic heterocycles. The van der Waals surface area contributed by atoms with E-state index in [1.54, 1.807) is 7.11 Å². The van der Waals surface area contributed by atoms with Crippen molar-refractivity contribution in [2.75, 3.05) is 7.11 Å². The standard InChI is InChI=1S/C7H12O2/c1-5(9-2)6-3-7(8)4-6/h5-6H,3-4H2,1-2H3. The van der Waals surface area contributed by atoms with Crippen molar-refractivity contribution in [3.63, 3.8) is 0 Å². The van der Waals surface area contributed by atoms with Gasteiger partial charge in [-0.05, 0) is 12.8 Å². The van der Waals surface area contributed by atoms with Crippen LogP contribution in [0.5, 0.6) is 0 Å². The summed E-state index contributed by atoms with van der Waals surface area (Å²) in [5, 5.41) is 0. The lowest BCUT2D eigenvalue weighted by molar-refractivity contribution is -0.130. The molecule has 0 bridgehead atoms. The number of ether oxygens (including phenoxy) is 1. The van der Waals surface area contributed by atoms with Gasteiger partial charge >= 0.3 is 0 Å². The Balaban J connectivity index is 2.23. The van der Waals surface area contributed by atoms with E-state index in [2.05, 4.69) is 0 Å². The van der Waals surface area contributed by atoms with Crippen LogP contribution in [0.1, 0.15) is 19.8 Å². The van der Waals surface area contributed by atoms with Crippen LogP contribution in [0.15, 0.2) is 0 Å². The summed E-state index contributed by atoms with van der Waals surface area (Å²) in [4.78, 5) is 10.5. The lowest BCUT2D eigenvalue weighted by Crippen LogP contribution is -2.32. The maximum absolute atomic E-state index is 10.5. The minimum atomic E-state index is 0.266. The normalized spacial score (nSPS) is 23.6. The SMILES string of the molecule is COC(C)C1CC(=O)C1. The van der Waals surface area contributed by atoms with E-state index in [1.807, 2.05) is 6.92 Å². The molecule has 0 aromatic carbocycles. The van der Waals surface area contributed by atoms with Gasteiger partial charge < -0.3 is 4.74 Å². The number of rotatable bonds is 2. The third kappa shape index (κ3) is 1.30. The summed E-state index contributed by atoms with van der Waals surface area (Å²) < 4.78 is 5.05. The van der Waals surface area contributed by atoms with Gasteiger partial charge in [0.05, 0.1) is 6.10 Å². The Bertz CT molecular complexity index is 112. The molecular weight excluding hydrogens is 116 g/mol. The second-order valence-electron chi connectivity index (χ2n) is 2.65. The monoisotopic (exact) mass is 128 g/mol. The predicted molar refractivity (Wildman–Crippen MR) is 34.2 cm³/mol. The first kappa shape index (κ1) is 6.75. The van der Waals surface area contributed by atoms with Gasteiger partial charge in [-0.25, -0.2) is 0 Å². The van der Waals surface area contributed by atoms with Crippen molar-refractivity contribution in [2.45, 2.75) is 25.9 Å². The smallest absolute Gasteiger partial charge is 0.133 e. The highest BCUT2D eigenvalue weighted by Crippen LogP contribution is 2.27. The highest BCUT2D eigenvalue weighted by Gasteiger charge is 2.30. The molecule has 1 unspecified atom stereocenters. The Hall–Kier alpha value is -0.370. The van der Waals surface area contributed by atoms with Crippen LogP contribution in [0.3, 0.4) is 0 Å². The molecule has 1 aliphatic carbocycles. The molecule has 2 heteroatoms. The van der Waals surface area contributed by atoms with Gasteiger partial charge in [0.25, 0.3) is 0 Å². The zero-order chi connectivity index (χ0) is 6.85. The average Bonchev–Trinajstić information content (AvgIpc) is 1.79. The zero-order valence-corrected chi connectivity index (χ0v) is 5.89. The Labute approximate surface area is 55.2 Å². The van der Waals surface area contributed by atoms with E-state index in [9.17, 15) is 4.79 Å². The van der Waals surface area contributed by atoms with E-state index in [1.165, 1.54) is 0 Å². The van der Waals surface area contributed by atoms with Gasteiger partial charge in [-0.3, -0.25) is 4.79 Å². The Morgan fingerprint density at radius 1 is 1.67 bits per heavy atom. The van der Waals surface area contributed by atoms with Gasteiger partial charge in [-0.1, -0.05) is 0 Å². The van der Waals surface area contributed by atoms with Gasteiger partial charge in [0, 0.05) is 20.0 Å². The fourth-order valence-electron chi connectivity index (χ4n) is 1.05. The van der Waals surface area contributed by atoms with E-state index >= 15 is 0 Å². The number of hydrogen-bond acceptors (Lipinski definition) is 2. The third-order valence-electron chi connectivity index (χ3n) is 2.02. The van der Waals surface area contributed by atoms with Crippen LogP contribution in [0.2, 0.25) is 0 Å². The summed E-state index contributed by atoms with van der Waals surface area (Å²) in [6.45, 7) is 2.01. The summed E-state index contributed by atoms with van der Waals surface area (Å²) >= 11 is 0. The van der Waals surface area contributed by atoms with Crippen molar-refractivity contribution in [1.29, 1.82) is 0 Å². The van der Waals surface area contributed by atoms with Crippen molar-refractivity contribution >= 4 is 5.78 Å². The minimum Gasteiger partial charge on any atom is -0.381 e. The molecule has 2 nitrogen and oxygen atoms in total. The van der Waals surface area contributed by atoms with E-state index < -0.39 is 0 Å². The first-order chi connectivity index (χ1) is 4.24. The van der Waals surface area contributed by atoms with E-state index in [0.29, 0.717) is 11.7 Å².